The van der Waals surface area contributed by atoms with Crippen LogP contribution < -0.4 is 15.0 Å². The van der Waals surface area contributed by atoms with E-state index in [1.54, 1.807) is 30.5 Å². The minimum atomic E-state index is -0.499. The van der Waals surface area contributed by atoms with Gasteiger partial charge in [0.15, 0.2) is 11.6 Å². The van der Waals surface area contributed by atoms with E-state index in [1.807, 2.05) is 12.1 Å². The van der Waals surface area contributed by atoms with Crippen LogP contribution in [-0.2, 0) is 4.74 Å². The number of pyridine rings is 1. The molecule has 1 aromatic heterocycles. The Morgan fingerprint density at radius 3 is 2.59 bits per heavy atom. The second kappa shape index (κ2) is 10.4. The molecule has 1 unspecified atom stereocenters. The molecule has 3 aliphatic heterocycles. The number of nitrogens with zero attached hydrogens (tertiary/aromatic N) is 2. The number of alkyl halides is 1. The van der Waals surface area contributed by atoms with Crippen molar-refractivity contribution in [3.8, 4) is 17.2 Å². The Hall–Kier alpha value is -2.97. The number of fused-ring (bicyclic) bond motifs is 3. The van der Waals surface area contributed by atoms with Crippen molar-refractivity contribution >= 4 is 10.8 Å². The first-order valence-electron chi connectivity index (χ1n) is 13.3. The van der Waals surface area contributed by atoms with Crippen molar-refractivity contribution in [3.05, 3.63) is 64.8 Å². The van der Waals surface area contributed by atoms with Crippen LogP contribution in [0.1, 0.15) is 38.5 Å². The van der Waals surface area contributed by atoms with Crippen molar-refractivity contribution in [2.75, 3.05) is 26.4 Å². The van der Waals surface area contributed by atoms with Gasteiger partial charge in [0.25, 0.3) is 5.56 Å². The summed E-state index contributed by atoms with van der Waals surface area (Å²) in [5.41, 5.74) is 0.210. The summed E-state index contributed by atoms with van der Waals surface area (Å²) >= 11 is 0. The lowest BCUT2D eigenvalue weighted by Gasteiger charge is -2.38. The smallest absolute Gasteiger partial charge is 0.262 e. The molecule has 3 aliphatic rings. The third kappa shape index (κ3) is 4.97. The number of halogens is 2. The van der Waals surface area contributed by atoms with E-state index in [9.17, 15) is 9.18 Å². The van der Waals surface area contributed by atoms with Crippen LogP contribution in [-0.4, -0.2) is 60.2 Å². The van der Waals surface area contributed by atoms with Gasteiger partial charge in [-0.25, -0.2) is 8.78 Å². The summed E-state index contributed by atoms with van der Waals surface area (Å²) in [5, 5.41) is 1.29. The van der Waals surface area contributed by atoms with Gasteiger partial charge in [0.05, 0.1) is 11.8 Å². The molecule has 8 heteroatoms. The highest BCUT2D eigenvalue weighted by Gasteiger charge is 2.41. The first kappa shape index (κ1) is 24.4. The predicted molar refractivity (Wildman–Crippen MR) is 137 cm³/mol. The number of hydrogen-bond donors (Lipinski definition) is 0. The van der Waals surface area contributed by atoms with Gasteiger partial charge in [-0.15, -0.1) is 0 Å². The van der Waals surface area contributed by atoms with Crippen molar-refractivity contribution in [3.63, 3.8) is 0 Å². The summed E-state index contributed by atoms with van der Waals surface area (Å²) in [6.45, 7) is 1.40. The molecule has 4 heterocycles. The molecule has 0 aliphatic carbocycles. The molecule has 3 aromatic rings. The zero-order chi connectivity index (χ0) is 25.4. The maximum absolute atomic E-state index is 15.1. The number of rotatable bonds is 8. The molecular formula is C29H32F2N2O4. The first-order valence-corrected chi connectivity index (χ1v) is 13.3. The second-order valence-corrected chi connectivity index (χ2v) is 10.3. The molecule has 4 atom stereocenters. The molecule has 0 spiro atoms. The van der Waals surface area contributed by atoms with E-state index in [4.69, 9.17) is 14.2 Å². The van der Waals surface area contributed by atoms with Crippen molar-refractivity contribution in [2.45, 2.75) is 62.8 Å². The molecule has 2 bridgehead atoms. The Bertz CT molecular complexity index is 1310. The number of aromatic nitrogens is 1. The average Bonchev–Trinajstić information content (AvgIpc) is 3.50. The van der Waals surface area contributed by atoms with E-state index >= 15 is 4.39 Å². The van der Waals surface area contributed by atoms with Crippen LogP contribution >= 0.6 is 0 Å². The number of ether oxygens (including phenoxy) is 3. The molecule has 0 radical (unpaired) electrons. The van der Waals surface area contributed by atoms with Crippen LogP contribution in [0.3, 0.4) is 0 Å². The number of hydrogen-bond acceptors (Lipinski definition) is 5. The molecule has 196 valence electrons. The summed E-state index contributed by atoms with van der Waals surface area (Å²) in [6, 6.07) is 12.5. The molecule has 0 N–H and O–H groups in total. The lowest BCUT2D eigenvalue weighted by atomic mass is 9.99. The van der Waals surface area contributed by atoms with Gasteiger partial charge in [0, 0.05) is 42.9 Å². The molecule has 2 aromatic carbocycles. The van der Waals surface area contributed by atoms with Crippen LogP contribution in [0.25, 0.3) is 16.5 Å². The van der Waals surface area contributed by atoms with Crippen molar-refractivity contribution in [1.82, 2.24) is 9.47 Å². The van der Waals surface area contributed by atoms with Crippen LogP contribution in [0, 0.1) is 5.82 Å². The van der Waals surface area contributed by atoms with E-state index in [0.29, 0.717) is 42.1 Å². The SMILES string of the molecule is O=c1c2ccc(OC[C@H]3CCCO3)cc2ccn1-c1ccc(OC2C[C@H]3CC[C@@H](C2)N3CCF)c(F)c1. The largest absolute Gasteiger partial charge is 0.491 e. The van der Waals surface area contributed by atoms with E-state index < -0.39 is 5.82 Å². The Kier molecular flexibility index (Phi) is 6.86. The topological polar surface area (TPSA) is 52.9 Å². The Balaban J connectivity index is 1.16. The molecule has 6 rings (SSSR count). The van der Waals surface area contributed by atoms with Crippen LogP contribution in [0.5, 0.6) is 11.5 Å². The normalized spacial score (nSPS) is 25.6. The second-order valence-electron chi connectivity index (χ2n) is 10.3. The standard InChI is InChI=1S/C29H32F2N2O4/c30-10-12-32-20-3-4-21(32)16-25(15-20)37-28-8-5-22(17-27(28)31)33-11-9-19-14-23(6-7-26(19)29(33)34)36-18-24-2-1-13-35-24/h5-9,11,14,17,20-21,24-25H,1-4,10,12-13,15-16,18H2/t20-,21+,24-,25?/m1/s1. The Labute approximate surface area is 214 Å². The third-order valence-corrected chi connectivity index (χ3v) is 8.01. The van der Waals surface area contributed by atoms with E-state index in [2.05, 4.69) is 4.90 Å². The Morgan fingerprint density at radius 2 is 1.86 bits per heavy atom. The minimum Gasteiger partial charge on any atom is -0.491 e. The fourth-order valence-electron chi connectivity index (χ4n) is 6.18. The minimum absolute atomic E-state index is 0.0891. The quantitative estimate of drug-likeness (QED) is 0.426. The first-order chi connectivity index (χ1) is 18.1. The molecule has 3 saturated heterocycles. The summed E-state index contributed by atoms with van der Waals surface area (Å²) in [4.78, 5) is 15.4. The van der Waals surface area contributed by atoms with Crippen LogP contribution in [0.15, 0.2) is 53.5 Å². The summed E-state index contributed by atoms with van der Waals surface area (Å²) in [6.07, 6.45) is 7.38. The van der Waals surface area contributed by atoms with Crippen molar-refractivity contribution in [1.29, 1.82) is 0 Å². The predicted octanol–water partition coefficient (Wildman–Crippen LogP) is 5.03. The zero-order valence-corrected chi connectivity index (χ0v) is 20.8. The van der Waals surface area contributed by atoms with Gasteiger partial charge >= 0.3 is 0 Å². The van der Waals surface area contributed by atoms with Gasteiger partial charge < -0.3 is 14.2 Å². The van der Waals surface area contributed by atoms with Crippen LogP contribution in [0.4, 0.5) is 8.78 Å². The molecule has 6 nitrogen and oxygen atoms in total. The van der Waals surface area contributed by atoms with Crippen molar-refractivity contribution in [2.24, 2.45) is 0 Å². The number of benzene rings is 2. The fourth-order valence-corrected chi connectivity index (χ4v) is 6.18. The third-order valence-electron chi connectivity index (χ3n) is 8.01. The van der Waals surface area contributed by atoms with Gasteiger partial charge in [0.2, 0.25) is 0 Å². The van der Waals surface area contributed by atoms with E-state index in [0.717, 1.165) is 50.5 Å². The van der Waals surface area contributed by atoms with Crippen molar-refractivity contribution < 1.29 is 23.0 Å². The maximum Gasteiger partial charge on any atom is 0.262 e. The lowest BCUT2D eigenvalue weighted by Crippen LogP contribution is -2.47. The highest BCUT2D eigenvalue weighted by Crippen LogP contribution is 2.37. The van der Waals surface area contributed by atoms with E-state index in [1.165, 1.54) is 10.6 Å². The molecule has 3 fully saturated rings. The molecule has 0 amide bonds. The molecule has 37 heavy (non-hydrogen) atoms. The zero-order valence-electron chi connectivity index (χ0n) is 20.8. The van der Waals surface area contributed by atoms with Crippen LogP contribution in [0.2, 0.25) is 0 Å². The molecule has 0 saturated carbocycles. The number of piperidine rings is 1. The highest BCUT2D eigenvalue weighted by atomic mass is 19.1. The summed E-state index contributed by atoms with van der Waals surface area (Å²) in [7, 11) is 0. The fraction of sp³-hybridized carbons (Fsp3) is 0.483. The van der Waals surface area contributed by atoms with Gasteiger partial charge in [-0.3, -0.25) is 14.3 Å². The summed E-state index contributed by atoms with van der Waals surface area (Å²) in [5.74, 6) is 0.381. The highest BCUT2D eigenvalue weighted by molar-refractivity contribution is 5.83. The Morgan fingerprint density at radius 1 is 1.03 bits per heavy atom. The average molecular weight is 511 g/mol. The van der Waals surface area contributed by atoms with Gasteiger partial charge in [-0.05, 0) is 80.3 Å². The summed E-state index contributed by atoms with van der Waals surface area (Å²) < 4.78 is 46.9. The lowest BCUT2D eigenvalue weighted by molar-refractivity contribution is 0.0440. The maximum atomic E-state index is 15.1. The van der Waals surface area contributed by atoms with Gasteiger partial charge in [0.1, 0.15) is 25.1 Å². The monoisotopic (exact) mass is 510 g/mol. The van der Waals surface area contributed by atoms with Gasteiger partial charge in [-0.1, -0.05) is 0 Å². The van der Waals surface area contributed by atoms with Gasteiger partial charge in [-0.2, -0.15) is 0 Å². The van der Waals surface area contributed by atoms with E-state index in [-0.39, 0.29) is 30.2 Å². The molecular weight excluding hydrogens is 478 g/mol.